The van der Waals surface area contributed by atoms with Crippen molar-refractivity contribution in [3.05, 3.63) is 64.7 Å². The summed E-state index contributed by atoms with van der Waals surface area (Å²) in [5, 5.41) is 7.18. The predicted molar refractivity (Wildman–Crippen MR) is 128 cm³/mol. The molecule has 1 aliphatic carbocycles. The molecule has 1 saturated carbocycles. The molecule has 0 amide bonds. The molecule has 29 heavy (non-hydrogen) atoms. The number of halogens is 2. The molecule has 6 nitrogen and oxygen atoms in total. The molecule has 9 heteroatoms. The van der Waals surface area contributed by atoms with Crippen molar-refractivity contribution < 1.29 is 8.42 Å². The molecule has 2 aromatic carbocycles. The van der Waals surface area contributed by atoms with Gasteiger partial charge >= 0.3 is 0 Å². The van der Waals surface area contributed by atoms with E-state index in [0.717, 1.165) is 30.5 Å². The first kappa shape index (κ1) is 23.9. The van der Waals surface area contributed by atoms with Crippen molar-refractivity contribution in [3.8, 4) is 0 Å². The third kappa shape index (κ3) is 7.76. The SMILES string of the molecule is CCNC(=NCc1ccc(Cl)cc1)NCc1ccc(S(=O)(=O)NC2CC2)cc1.I. The lowest BCUT2D eigenvalue weighted by atomic mass is 10.2. The fourth-order valence-electron chi connectivity index (χ4n) is 2.56. The summed E-state index contributed by atoms with van der Waals surface area (Å²) in [6.45, 7) is 3.84. The highest BCUT2D eigenvalue weighted by Crippen LogP contribution is 2.22. The van der Waals surface area contributed by atoms with Crippen LogP contribution in [0, 0.1) is 0 Å². The number of benzene rings is 2. The Bertz CT molecular complexity index is 915. The van der Waals surface area contributed by atoms with Crippen LogP contribution in [0.5, 0.6) is 0 Å². The molecule has 0 bridgehead atoms. The maximum Gasteiger partial charge on any atom is 0.240 e. The van der Waals surface area contributed by atoms with Crippen molar-refractivity contribution in [1.82, 2.24) is 15.4 Å². The van der Waals surface area contributed by atoms with E-state index in [1.165, 1.54) is 0 Å². The zero-order valence-electron chi connectivity index (χ0n) is 16.2. The van der Waals surface area contributed by atoms with E-state index in [1.807, 2.05) is 43.3 Å². The zero-order chi connectivity index (χ0) is 20.0. The van der Waals surface area contributed by atoms with Gasteiger partial charge in [0.25, 0.3) is 0 Å². The van der Waals surface area contributed by atoms with Crippen LogP contribution in [0.3, 0.4) is 0 Å². The maximum atomic E-state index is 12.2. The summed E-state index contributed by atoms with van der Waals surface area (Å²) in [7, 11) is -3.41. The van der Waals surface area contributed by atoms with E-state index in [0.29, 0.717) is 29.0 Å². The molecule has 2 aromatic rings. The minimum atomic E-state index is -3.41. The molecule has 0 heterocycles. The normalized spacial score (nSPS) is 14.2. The van der Waals surface area contributed by atoms with Gasteiger partial charge in [-0.15, -0.1) is 24.0 Å². The van der Waals surface area contributed by atoms with Crippen LogP contribution in [0.2, 0.25) is 5.02 Å². The lowest BCUT2D eigenvalue weighted by Crippen LogP contribution is -2.36. The van der Waals surface area contributed by atoms with Gasteiger partial charge < -0.3 is 10.6 Å². The van der Waals surface area contributed by atoms with Crippen LogP contribution < -0.4 is 15.4 Å². The Balaban J connectivity index is 0.00000300. The maximum absolute atomic E-state index is 12.2. The lowest BCUT2D eigenvalue weighted by molar-refractivity contribution is 0.581. The fourth-order valence-corrected chi connectivity index (χ4v) is 3.99. The van der Waals surface area contributed by atoms with E-state index in [9.17, 15) is 8.42 Å². The van der Waals surface area contributed by atoms with Gasteiger partial charge in [-0.2, -0.15) is 0 Å². The highest BCUT2D eigenvalue weighted by atomic mass is 127. The minimum Gasteiger partial charge on any atom is -0.357 e. The van der Waals surface area contributed by atoms with Crippen molar-refractivity contribution >= 4 is 51.6 Å². The molecule has 1 aliphatic rings. The average molecular weight is 549 g/mol. The Morgan fingerprint density at radius 2 is 1.66 bits per heavy atom. The van der Waals surface area contributed by atoms with Gasteiger partial charge in [-0.1, -0.05) is 35.9 Å². The summed E-state index contributed by atoms with van der Waals surface area (Å²) in [6.07, 6.45) is 1.84. The quantitative estimate of drug-likeness (QED) is 0.267. The van der Waals surface area contributed by atoms with Crippen molar-refractivity contribution in [2.45, 2.75) is 43.8 Å². The summed E-state index contributed by atoms with van der Waals surface area (Å²) in [4.78, 5) is 4.87. The molecule has 158 valence electrons. The van der Waals surface area contributed by atoms with E-state index in [2.05, 4.69) is 20.3 Å². The highest BCUT2D eigenvalue weighted by Gasteiger charge is 2.27. The third-order valence-corrected chi connectivity index (χ3v) is 6.06. The molecule has 0 atom stereocenters. The summed E-state index contributed by atoms with van der Waals surface area (Å²) in [5.74, 6) is 0.699. The van der Waals surface area contributed by atoms with E-state index in [-0.39, 0.29) is 30.0 Å². The second kappa shape index (κ2) is 11.1. The van der Waals surface area contributed by atoms with Crippen LogP contribution in [-0.4, -0.2) is 27.0 Å². The number of guanidine groups is 1. The molecule has 0 radical (unpaired) electrons. The molecule has 0 aromatic heterocycles. The van der Waals surface area contributed by atoms with Crippen molar-refractivity contribution in [2.24, 2.45) is 4.99 Å². The van der Waals surface area contributed by atoms with Gasteiger partial charge in [-0.25, -0.2) is 18.1 Å². The molecule has 3 rings (SSSR count). The molecular formula is C20H26ClIN4O2S. The van der Waals surface area contributed by atoms with Gasteiger partial charge in [0.05, 0.1) is 11.4 Å². The Morgan fingerprint density at radius 1 is 1.03 bits per heavy atom. The Labute approximate surface area is 194 Å². The van der Waals surface area contributed by atoms with Gasteiger partial charge in [0.15, 0.2) is 5.96 Å². The standard InChI is InChI=1S/C20H25ClN4O2S.HI/c1-2-22-20(23-13-15-3-7-17(21)8-4-15)24-14-16-5-11-19(12-6-16)28(26,27)25-18-9-10-18;/h3-8,11-12,18,25H,2,9-10,13-14H2,1H3,(H2,22,23,24);1H. The number of hydrogen-bond acceptors (Lipinski definition) is 3. The summed E-state index contributed by atoms with van der Waals surface area (Å²) < 4.78 is 27.1. The number of sulfonamides is 1. The lowest BCUT2D eigenvalue weighted by Gasteiger charge is -2.12. The summed E-state index contributed by atoms with van der Waals surface area (Å²) in [6, 6.07) is 14.6. The second-order valence-corrected chi connectivity index (χ2v) is 8.87. The smallest absolute Gasteiger partial charge is 0.240 e. The van der Waals surface area contributed by atoms with Crippen LogP contribution in [0.15, 0.2) is 58.4 Å². The van der Waals surface area contributed by atoms with Crippen LogP contribution >= 0.6 is 35.6 Å². The first-order chi connectivity index (χ1) is 13.5. The van der Waals surface area contributed by atoms with E-state index >= 15 is 0 Å². The first-order valence-electron chi connectivity index (χ1n) is 9.34. The zero-order valence-corrected chi connectivity index (χ0v) is 20.1. The molecule has 0 spiro atoms. The van der Waals surface area contributed by atoms with Crippen molar-refractivity contribution in [3.63, 3.8) is 0 Å². The number of rotatable bonds is 8. The topological polar surface area (TPSA) is 82.6 Å². The van der Waals surface area contributed by atoms with Crippen molar-refractivity contribution in [1.29, 1.82) is 0 Å². The number of nitrogens with one attached hydrogen (secondary N) is 3. The summed E-state index contributed by atoms with van der Waals surface area (Å²) >= 11 is 5.91. The van der Waals surface area contributed by atoms with E-state index < -0.39 is 10.0 Å². The molecule has 0 saturated heterocycles. The van der Waals surface area contributed by atoms with Crippen LogP contribution in [0.1, 0.15) is 30.9 Å². The fraction of sp³-hybridized carbons (Fsp3) is 0.350. The van der Waals surface area contributed by atoms with E-state index in [4.69, 9.17) is 11.6 Å². The number of hydrogen-bond donors (Lipinski definition) is 3. The first-order valence-corrected chi connectivity index (χ1v) is 11.2. The predicted octanol–water partition coefficient (Wildman–Crippen LogP) is 3.65. The molecule has 1 fully saturated rings. The van der Waals surface area contributed by atoms with Crippen LogP contribution in [-0.2, 0) is 23.1 Å². The monoisotopic (exact) mass is 548 g/mol. The summed E-state index contributed by atoms with van der Waals surface area (Å²) in [5.41, 5.74) is 2.04. The molecule has 3 N–H and O–H groups in total. The minimum absolute atomic E-state index is 0. The highest BCUT2D eigenvalue weighted by molar-refractivity contribution is 14.0. The molecule has 0 aliphatic heterocycles. The van der Waals surface area contributed by atoms with E-state index in [1.54, 1.807) is 12.1 Å². The van der Waals surface area contributed by atoms with Gasteiger partial charge in [-0.3, -0.25) is 0 Å². The Hall–Kier alpha value is -1.36. The third-order valence-electron chi connectivity index (χ3n) is 4.27. The van der Waals surface area contributed by atoms with Gasteiger partial charge in [0.1, 0.15) is 0 Å². The Kier molecular flexibility index (Phi) is 9.19. The average Bonchev–Trinajstić information content (AvgIpc) is 3.49. The number of nitrogens with zero attached hydrogens (tertiary/aromatic N) is 1. The van der Waals surface area contributed by atoms with Gasteiger partial charge in [-0.05, 0) is 55.2 Å². The number of aliphatic imine (C=N–C) groups is 1. The second-order valence-electron chi connectivity index (χ2n) is 6.71. The van der Waals surface area contributed by atoms with Crippen molar-refractivity contribution in [2.75, 3.05) is 6.54 Å². The largest absolute Gasteiger partial charge is 0.357 e. The van der Waals surface area contributed by atoms with Gasteiger partial charge in [0.2, 0.25) is 10.0 Å². The molecule has 0 unspecified atom stereocenters. The van der Waals surface area contributed by atoms with Crippen LogP contribution in [0.25, 0.3) is 0 Å². The van der Waals surface area contributed by atoms with Gasteiger partial charge in [0, 0.05) is 24.2 Å². The Morgan fingerprint density at radius 3 is 2.24 bits per heavy atom. The molecular weight excluding hydrogens is 523 g/mol. The van der Waals surface area contributed by atoms with Crippen LogP contribution in [0.4, 0.5) is 0 Å².